The minimum absolute atomic E-state index is 0. The Bertz CT molecular complexity index is 900. The van der Waals surface area contributed by atoms with Gasteiger partial charge in [0.2, 0.25) is 0 Å². The van der Waals surface area contributed by atoms with Gasteiger partial charge in [-0.05, 0) is 0 Å². The number of imidazole rings is 5. The molecule has 0 atom stereocenters. The van der Waals surface area contributed by atoms with Gasteiger partial charge in [0.25, 0.3) is 0 Å². The van der Waals surface area contributed by atoms with Crippen molar-refractivity contribution in [3.63, 3.8) is 0 Å². The van der Waals surface area contributed by atoms with Crippen molar-refractivity contribution in [1.29, 1.82) is 0 Å². The number of hydrogen-bond acceptors (Lipinski definition) is 7. The molecule has 0 radical (unpaired) electrons. The third-order valence-electron chi connectivity index (χ3n) is 3.09. The molecule has 0 aliphatic carbocycles. The molecule has 5 aromatic heterocycles. The SMILES string of the molecule is C.C.C1=C[NH2+]C=N1.O=C(n1ccnc1)n1ccnc1.[Cl-].[Cl-].c1c[n-]cn1.c1c[nH]cn1.c1c[nH]cn1. The summed E-state index contributed by atoms with van der Waals surface area (Å²) in [7, 11) is 0. The number of aliphatic imine (C=N–C) groups is 1. The number of hydrogen-bond donors (Lipinski definition) is 3. The number of nitrogens with two attached hydrogens (primary N) is 1. The van der Waals surface area contributed by atoms with Crippen LogP contribution < -0.4 is 35.1 Å². The van der Waals surface area contributed by atoms with Crippen LogP contribution in [0.2, 0.25) is 0 Å². The molecule has 15 heteroatoms. The highest BCUT2D eigenvalue weighted by Crippen LogP contribution is 1.92. The van der Waals surface area contributed by atoms with Gasteiger partial charge in [-0.2, -0.15) is 0 Å². The molecule has 196 valence electrons. The van der Waals surface area contributed by atoms with Crippen LogP contribution in [0.15, 0.2) is 111 Å². The first kappa shape index (κ1) is 36.2. The highest BCUT2D eigenvalue weighted by molar-refractivity contribution is 5.78. The number of carbonyl (C=O) groups is 1. The maximum Gasteiger partial charge on any atom is 0.338 e. The Balaban J connectivity index is -0.000000392. The number of nitrogens with one attached hydrogen (secondary N) is 2. The highest BCUT2D eigenvalue weighted by Gasteiger charge is 2.03. The summed E-state index contributed by atoms with van der Waals surface area (Å²) in [5.74, 6) is 0. The lowest BCUT2D eigenvalue weighted by Crippen LogP contribution is -3.00. The number of carbonyl (C=O) groups excluding carboxylic acids is 1. The van der Waals surface area contributed by atoms with Gasteiger partial charge in [0, 0.05) is 49.6 Å². The lowest BCUT2D eigenvalue weighted by molar-refractivity contribution is -0.447. The number of H-pyrrole nitrogens is 2. The molecule has 0 amide bonds. The highest BCUT2D eigenvalue weighted by atomic mass is 35.5. The monoisotopic (exact) mass is 536 g/mol. The molecule has 0 saturated carbocycles. The Hall–Kier alpha value is -4.33. The number of nitrogens with zero attached hydrogens (tertiary/aromatic N) is 9. The lowest BCUT2D eigenvalue weighted by atomic mass is 10.8. The summed E-state index contributed by atoms with van der Waals surface area (Å²) in [4.78, 5) is 42.7. The van der Waals surface area contributed by atoms with Crippen LogP contribution in [0, 0.1) is 0 Å². The van der Waals surface area contributed by atoms with Crippen molar-refractivity contribution in [2.45, 2.75) is 14.9 Å². The van der Waals surface area contributed by atoms with Gasteiger partial charge < -0.3 is 44.7 Å². The number of rotatable bonds is 0. The summed E-state index contributed by atoms with van der Waals surface area (Å²) in [5, 5.41) is 1.89. The third-order valence-corrected chi connectivity index (χ3v) is 3.09. The predicted octanol–water partition coefficient (Wildman–Crippen LogP) is -4.20. The van der Waals surface area contributed by atoms with Crippen molar-refractivity contribution in [2.24, 2.45) is 4.99 Å². The van der Waals surface area contributed by atoms with Crippen molar-refractivity contribution < 1.29 is 34.9 Å². The molecule has 6 rings (SSSR count). The van der Waals surface area contributed by atoms with Gasteiger partial charge >= 0.3 is 6.03 Å². The third kappa shape index (κ3) is 17.2. The van der Waals surface area contributed by atoms with E-state index in [1.54, 1.807) is 87.2 Å². The molecule has 0 aromatic carbocycles. The van der Waals surface area contributed by atoms with E-state index in [0.717, 1.165) is 0 Å². The molecular formula is C21H30Cl2N12O-2. The minimum Gasteiger partial charge on any atom is -1.00 e. The summed E-state index contributed by atoms with van der Waals surface area (Å²) in [6.07, 6.45) is 29.5. The molecule has 6 heterocycles. The van der Waals surface area contributed by atoms with E-state index >= 15 is 0 Å². The van der Waals surface area contributed by atoms with Gasteiger partial charge in [-0.1, -0.05) is 33.6 Å². The smallest absolute Gasteiger partial charge is 0.338 e. The van der Waals surface area contributed by atoms with E-state index in [4.69, 9.17) is 0 Å². The lowest BCUT2D eigenvalue weighted by Gasteiger charge is -1.98. The van der Waals surface area contributed by atoms with Crippen LogP contribution in [0.25, 0.3) is 0 Å². The maximum atomic E-state index is 11.4. The zero-order chi connectivity index (χ0) is 22.5. The number of aromatic nitrogens is 10. The molecule has 4 N–H and O–H groups in total. The van der Waals surface area contributed by atoms with Gasteiger partial charge in [0.05, 0.1) is 18.9 Å². The predicted molar refractivity (Wildman–Crippen MR) is 128 cm³/mol. The zero-order valence-corrected chi connectivity index (χ0v) is 19.2. The topological polar surface area (TPSA) is 166 Å². The second-order valence-corrected chi connectivity index (χ2v) is 5.29. The summed E-state index contributed by atoms with van der Waals surface area (Å²) < 4.78 is 2.75. The van der Waals surface area contributed by atoms with Crippen molar-refractivity contribution >= 4 is 12.4 Å². The van der Waals surface area contributed by atoms with Gasteiger partial charge in [-0.15, -0.1) is 0 Å². The van der Waals surface area contributed by atoms with Gasteiger partial charge in [0.1, 0.15) is 18.9 Å². The standard InChI is InChI=1S/C7H6N4O.3C3H4N2.C3H3N2.2CH4.2ClH/c12-7(10-3-1-8-5-10)11-4-2-9-6-11;4*1-2-5-3-4-1;;;;/h1-6H;3*1-3H,(H,4,5);1-3H;2*1H4;2*1H/q;;;;-1;;;;/p-1. The molecule has 0 bridgehead atoms. The molecule has 1 aliphatic rings. The molecule has 13 nitrogen and oxygen atoms in total. The summed E-state index contributed by atoms with van der Waals surface area (Å²) >= 11 is 0. The first-order valence-corrected chi connectivity index (χ1v) is 9.12. The van der Waals surface area contributed by atoms with E-state index in [1.807, 2.05) is 11.5 Å². The van der Waals surface area contributed by atoms with Crippen LogP contribution in [0.1, 0.15) is 14.9 Å². The molecule has 0 saturated heterocycles. The molecule has 1 aliphatic heterocycles. The Morgan fingerprint density at radius 3 is 1.56 bits per heavy atom. The van der Waals surface area contributed by atoms with E-state index < -0.39 is 0 Å². The maximum absolute atomic E-state index is 11.4. The van der Waals surface area contributed by atoms with E-state index in [2.05, 4.69) is 44.9 Å². The van der Waals surface area contributed by atoms with Crippen LogP contribution in [0.4, 0.5) is 4.79 Å². The van der Waals surface area contributed by atoms with Crippen LogP contribution >= 0.6 is 0 Å². The largest absolute Gasteiger partial charge is 1.00 e. The molecule has 0 spiro atoms. The van der Waals surface area contributed by atoms with E-state index in [0.29, 0.717) is 0 Å². The van der Waals surface area contributed by atoms with Crippen LogP contribution in [-0.4, -0.2) is 56.4 Å². The van der Waals surface area contributed by atoms with Crippen LogP contribution in [-0.2, 0) is 0 Å². The van der Waals surface area contributed by atoms with Crippen LogP contribution in [0.5, 0.6) is 0 Å². The Kier molecular flexibility index (Phi) is 25.5. The molecule has 36 heavy (non-hydrogen) atoms. The summed E-state index contributed by atoms with van der Waals surface area (Å²) in [6, 6.07) is -0.190. The Morgan fingerprint density at radius 2 is 1.36 bits per heavy atom. The second-order valence-electron chi connectivity index (χ2n) is 5.29. The van der Waals surface area contributed by atoms with Gasteiger partial charge in [0.15, 0.2) is 6.34 Å². The average molecular weight is 537 g/mol. The molecule has 5 aromatic rings. The Labute approximate surface area is 222 Å². The first-order chi connectivity index (χ1) is 15.9. The fourth-order valence-electron chi connectivity index (χ4n) is 1.75. The molecule has 0 unspecified atom stereocenters. The van der Waals surface area contributed by atoms with E-state index in [9.17, 15) is 4.79 Å². The van der Waals surface area contributed by atoms with Gasteiger partial charge in [-0.3, -0.25) is 14.5 Å². The van der Waals surface area contributed by atoms with E-state index in [1.165, 1.54) is 28.1 Å². The summed E-state index contributed by atoms with van der Waals surface area (Å²) in [6.45, 7) is 0. The quantitative estimate of drug-likeness (QED) is 0.180. The van der Waals surface area contributed by atoms with Gasteiger partial charge in [-0.25, -0.2) is 29.7 Å². The normalized spacial score (nSPS) is 9.11. The van der Waals surface area contributed by atoms with Crippen LogP contribution in [0.3, 0.4) is 0 Å². The first-order valence-electron chi connectivity index (χ1n) is 9.12. The number of aromatic amines is 2. The number of quaternary nitrogens is 1. The van der Waals surface area contributed by atoms with Crippen molar-refractivity contribution in [3.05, 3.63) is 106 Å². The molecular weight excluding hydrogens is 507 g/mol. The van der Waals surface area contributed by atoms with E-state index in [-0.39, 0.29) is 45.7 Å². The molecule has 0 fully saturated rings. The van der Waals surface area contributed by atoms with Crippen molar-refractivity contribution in [1.82, 2.24) is 49.0 Å². The van der Waals surface area contributed by atoms with Crippen molar-refractivity contribution in [2.75, 3.05) is 0 Å². The fraction of sp³-hybridized carbons (Fsp3) is 0.0952. The van der Waals surface area contributed by atoms with Crippen molar-refractivity contribution in [3.8, 4) is 0 Å². The minimum atomic E-state index is -0.190. The average Bonchev–Trinajstić information content (AvgIpc) is 3.75. The summed E-state index contributed by atoms with van der Waals surface area (Å²) in [5.41, 5.74) is 0. The zero-order valence-electron chi connectivity index (χ0n) is 17.7. The Morgan fingerprint density at radius 1 is 0.778 bits per heavy atom. The number of halogens is 2. The second kappa shape index (κ2) is 25.3. The fourth-order valence-corrected chi connectivity index (χ4v) is 1.75.